The minimum atomic E-state index is 0.248. The van der Waals surface area contributed by atoms with Gasteiger partial charge >= 0.3 is 0 Å². The molecule has 2 atom stereocenters. The Morgan fingerprint density at radius 1 is 1.26 bits per heavy atom. The summed E-state index contributed by atoms with van der Waals surface area (Å²) in [5.41, 5.74) is 3.88. The third kappa shape index (κ3) is 4.38. The van der Waals surface area contributed by atoms with Crippen LogP contribution in [0.1, 0.15) is 30.0 Å². The first-order chi connectivity index (χ1) is 15.2. The van der Waals surface area contributed by atoms with Crippen molar-refractivity contribution in [3.8, 4) is 0 Å². The van der Waals surface area contributed by atoms with Crippen LogP contribution in [-0.2, 0) is 0 Å². The molecule has 4 N–H and O–H groups in total. The maximum absolute atomic E-state index is 9.52. The first-order valence-electron chi connectivity index (χ1n) is 10.5. The van der Waals surface area contributed by atoms with E-state index in [4.69, 9.17) is 9.98 Å². The number of hydrogen-bond donors (Lipinski definition) is 4. The lowest BCUT2D eigenvalue weighted by Crippen LogP contribution is -2.42. The summed E-state index contributed by atoms with van der Waals surface area (Å²) in [5.74, 6) is 1.99. The van der Waals surface area contributed by atoms with Gasteiger partial charge in [0.2, 0.25) is 5.96 Å². The molecule has 8 nitrogen and oxygen atoms in total. The zero-order valence-corrected chi connectivity index (χ0v) is 18.1. The van der Waals surface area contributed by atoms with Crippen molar-refractivity contribution in [3.05, 3.63) is 53.3 Å². The molecule has 0 spiro atoms. The monoisotopic (exact) mass is 435 g/mol. The smallest absolute Gasteiger partial charge is 0.201 e. The number of hydrogen-bond acceptors (Lipinski definition) is 9. The maximum atomic E-state index is 9.52. The van der Waals surface area contributed by atoms with Crippen molar-refractivity contribution in [3.63, 3.8) is 0 Å². The molecule has 9 heteroatoms. The molecule has 3 aromatic heterocycles. The van der Waals surface area contributed by atoms with Gasteiger partial charge in [-0.25, -0.2) is 9.98 Å². The van der Waals surface area contributed by atoms with Crippen LogP contribution in [0, 0.1) is 12.8 Å². The normalized spacial score (nSPS) is 21.2. The fraction of sp³-hybridized carbons (Fsp3) is 0.364. The lowest BCUT2D eigenvalue weighted by atomic mass is 10.1. The Kier molecular flexibility index (Phi) is 5.52. The van der Waals surface area contributed by atoms with Crippen LogP contribution >= 0.6 is 11.3 Å². The van der Waals surface area contributed by atoms with E-state index in [1.54, 1.807) is 23.7 Å². The van der Waals surface area contributed by atoms with Gasteiger partial charge in [0.05, 0.1) is 16.8 Å². The van der Waals surface area contributed by atoms with E-state index < -0.39 is 0 Å². The second-order valence-corrected chi connectivity index (χ2v) is 9.05. The van der Waals surface area contributed by atoms with Crippen molar-refractivity contribution >= 4 is 38.8 Å². The van der Waals surface area contributed by atoms with Gasteiger partial charge in [-0.05, 0) is 50.3 Å². The highest BCUT2D eigenvalue weighted by Gasteiger charge is 2.27. The molecule has 1 saturated carbocycles. The predicted octanol–water partition coefficient (Wildman–Crippen LogP) is 2.89. The van der Waals surface area contributed by atoms with E-state index in [9.17, 15) is 5.11 Å². The first kappa shape index (κ1) is 19.9. The van der Waals surface area contributed by atoms with Gasteiger partial charge in [-0.15, -0.1) is 11.3 Å². The lowest BCUT2D eigenvalue weighted by Gasteiger charge is -2.26. The molecule has 3 aromatic rings. The Morgan fingerprint density at radius 3 is 3.00 bits per heavy atom. The summed E-state index contributed by atoms with van der Waals surface area (Å²) in [7, 11) is 0. The maximum Gasteiger partial charge on any atom is 0.201 e. The van der Waals surface area contributed by atoms with Crippen LogP contribution in [0.25, 0.3) is 15.8 Å². The van der Waals surface area contributed by atoms with Gasteiger partial charge in [-0.2, -0.15) is 0 Å². The Bertz CT molecular complexity index is 1120. The van der Waals surface area contributed by atoms with E-state index in [1.165, 1.54) is 0 Å². The number of guanidine groups is 1. The number of nitrogens with one attached hydrogen (secondary N) is 3. The molecule has 0 amide bonds. The molecule has 31 heavy (non-hydrogen) atoms. The van der Waals surface area contributed by atoms with Crippen molar-refractivity contribution in [2.45, 2.75) is 32.2 Å². The van der Waals surface area contributed by atoms with E-state index in [1.807, 2.05) is 31.3 Å². The highest BCUT2D eigenvalue weighted by molar-refractivity contribution is 7.19. The quantitative estimate of drug-likeness (QED) is 0.488. The van der Waals surface area contributed by atoms with Crippen molar-refractivity contribution in [2.24, 2.45) is 10.9 Å². The van der Waals surface area contributed by atoms with Gasteiger partial charge in [0.1, 0.15) is 10.8 Å². The summed E-state index contributed by atoms with van der Waals surface area (Å²) in [5, 5.41) is 20.9. The number of aromatic nitrogens is 3. The number of rotatable bonds is 5. The van der Waals surface area contributed by atoms with Gasteiger partial charge in [-0.1, -0.05) is 0 Å². The summed E-state index contributed by atoms with van der Waals surface area (Å²) in [6, 6.07) is 6.16. The largest absolute Gasteiger partial charge is 0.396 e. The molecule has 4 heterocycles. The molecule has 0 saturated heterocycles. The van der Waals surface area contributed by atoms with E-state index in [0.717, 1.165) is 57.3 Å². The summed E-state index contributed by atoms with van der Waals surface area (Å²) in [4.78, 5) is 18.0. The third-order valence-electron chi connectivity index (χ3n) is 5.70. The molecular weight excluding hydrogens is 410 g/mol. The minimum Gasteiger partial charge on any atom is -0.396 e. The Balaban J connectivity index is 1.42. The number of aliphatic hydroxyl groups excluding tert-OH is 1. The summed E-state index contributed by atoms with van der Waals surface area (Å²) < 4.78 is 1.06. The van der Waals surface area contributed by atoms with Crippen molar-refractivity contribution in [1.29, 1.82) is 0 Å². The van der Waals surface area contributed by atoms with Crippen LogP contribution in [-0.4, -0.2) is 45.2 Å². The van der Waals surface area contributed by atoms with Gasteiger partial charge in [0.25, 0.3) is 0 Å². The van der Waals surface area contributed by atoms with Crippen LogP contribution in [0.2, 0.25) is 0 Å². The third-order valence-corrected chi connectivity index (χ3v) is 6.76. The molecule has 1 aliphatic heterocycles. The van der Waals surface area contributed by atoms with Crippen LogP contribution in [0.15, 0.2) is 47.6 Å². The van der Waals surface area contributed by atoms with Crippen LogP contribution in [0.4, 0.5) is 5.69 Å². The van der Waals surface area contributed by atoms with Gasteiger partial charge in [0.15, 0.2) is 0 Å². The average Bonchev–Trinajstić information content (AvgIpc) is 3.40. The molecule has 1 fully saturated rings. The minimum absolute atomic E-state index is 0.248. The summed E-state index contributed by atoms with van der Waals surface area (Å²) in [6.07, 6.45) is 8.44. The summed E-state index contributed by atoms with van der Waals surface area (Å²) >= 11 is 1.63. The van der Waals surface area contributed by atoms with Gasteiger partial charge in [-0.3, -0.25) is 9.97 Å². The van der Waals surface area contributed by atoms with E-state index in [-0.39, 0.29) is 6.61 Å². The second-order valence-electron chi connectivity index (χ2n) is 8.02. The average molecular weight is 436 g/mol. The highest BCUT2D eigenvalue weighted by Crippen LogP contribution is 2.31. The van der Waals surface area contributed by atoms with Crippen LogP contribution < -0.4 is 16.0 Å². The van der Waals surface area contributed by atoms with Crippen molar-refractivity contribution < 1.29 is 5.11 Å². The fourth-order valence-corrected chi connectivity index (χ4v) is 5.06. The van der Waals surface area contributed by atoms with Crippen LogP contribution in [0.3, 0.4) is 0 Å². The number of nitrogens with zero attached hydrogens (tertiary/aromatic N) is 4. The number of fused-ring (bicyclic) bond motifs is 1. The Morgan fingerprint density at radius 2 is 2.19 bits per heavy atom. The zero-order chi connectivity index (χ0) is 21.2. The standard InChI is InChI=1S/C22H25N7OS/c1-13-8-16(4-7-24-13)27-22-25-10-17(21-28-18-5-6-23-11-19(18)31-21)20(29-22)26-15-3-2-14(9-15)12-30/h4-8,11,14-15,26,30H,2-3,9-10,12H2,1H3,(H2,24,25,27,29). The highest BCUT2D eigenvalue weighted by atomic mass is 32.1. The van der Waals surface area contributed by atoms with Crippen molar-refractivity contribution in [1.82, 2.24) is 25.6 Å². The number of aliphatic imine (C=N–C) groups is 1. The SMILES string of the molecule is Cc1cc(NC2=NCC(c3nc4ccncc4s3)=C(NC3CCC(CO)C3)N2)ccn1. The molecule has 0 bridgehead atoms. The van der Waals surface area contributed by atoms with E-state index in [2.05, 4.69) is 25.9 Å². The number of anilines is 1. The van der Waals surface area contributed by atoms with Crippen molar-refractivity contribution in [2.75, 3.05) is 18.5 Å². The fourth-order valence-electron chi connectivity index (χ4n) is 4.08. The molecule has 2 unspecified atom stereocenters. The molecule has 2 aliphatic rings. The number of pyridine rings is 2. The number of aryl methyl sites for hydroxylation is 1. The molecule has 160 valence electrons. The van der Waals surface area contributed by atoms with Gasteiger partial charge < -0.3 is 21.1 Å². The lowest BCUT2D eigenvalue weighted by molar-refractivity contribution is 0.228. The Labute approximate surface area is 184 Å². The summed E-state index contributed by atoms with van der Waals surface area (Å²) in [6.45, 7) is 2.73. The number of aliphatic hydroxyl groups is 1. The molecule has 1 aliphatic carbocycles. The second kappa shape index (κ2) is 8.60. The zero-order valence-electron chi connectivity index (χ0n) is 17.3. The van der Waals surface area contributed by atoms with Gasteiger partial charge in [0, 0.05) is 48.2 Å². The van der Waals surface area contributed by atoms with Crippen LogP contribution in [0.5, 0.6) is 0 Å². The van der Waals surface area contributed by atoms with E-state index >= 15 is 0 Å². The molecule has 0 aromatic carbocycles. The molecular formula is C22H25N7OS. The molecule has 0 radical (unpaired) electrons. The predicted molar refractivity (Wildman–Crippen MR) is 124 cm³/mol. The first-order valence-corrected chi connectivity index (χ1v) is 11.3. The Hall–Kier alpha value is -3.04. The van der Waals surface area contributed by atoms with E-state index in [0.29, 0.717) is 24.5 Å². The topological polar surface area (TPSA) is 107 Å². The number of thiazole rings is 1. The molecule has 5 rings (SSSR count).